The van der Waals surface area contributed by atoms with Crippen LogP contribution >= 0.6 is 0 Å². The minimum absolute atomic E-state index is 0.00302. The molecule has 0 heterocycles. The molecule has 1 rings (SSSR count). The molecule has 21 heavy (non-hydrogen) atoms. The third-order valence-electron chi connectivity index (χ3n) is 3.23. The van der Waals surface area contributed by atoms with Crippen molar-refractivity contribution in [3.8, 4) is 0 Å². The monoisotopic (exact) mass is 335 g/mol. The molecule has 0 bridgehead atoms. The Balaban J connectivity index is 3.30. The normalized spacial score (nSPS) is 20.1. The lowest BCUT2D eigenvalue weighted by Crippen LogP contribution is -2.67. The maximum absolute atomic E-state index is 13.2. The van der Waals surface area contributed by atoms with Gasteiger partial charge in [0.15, 0.2) is 0 Å². The highest BCUT2D eigenvalue weighted by Crippen LogP contribution is 2.51. The van der Waals surface area contributed by atoms with Crippen molar-refractivity contribution in [1.82, 2.24) is 4.90 Å². The molecule has 0 N–H and O–H groups in total. The molecule has 0 saturated heterocycles. The Morgan fingerprint density at radius 3 is 1.19 bits per heavy atom. The van der Waals surface area contributed by atoms with E-state index in [2.05, 4.69) is 0 Å². The van der Waals surface area contributed by atoms with Gasteiger partial charge < -0.3 is 0 Å². The van der Waals surface area contributed by atoms with E-state index >= 15 is 0 Å². The Morgan fingerprint density at radius 2 is 0.905 bits per heavy atom. The molecule has 0 aliphatic heterocycles. The summed E-state index contributed by atoms with van der Waals surface area (Å²) in [6, 6.07) is -14.8. The SMILES string of the molecule is FC(F)(F)C(F)(F)N(C1CCCCC1)C(F)(F)C(F)(F)F. The maximum Gasteiger partial charge on any atom is 0.469 e. The van der Waals surface area contributed by atoms with E-state index in [1.807, 2.05) is 0 Å². The highest BCUT2D eigenvalue weighted by atomic mass is 19.4. The fraction of sp³-hybridized carbons (Fsp3) is 1.00. The molecule has 1 saturated carbocycles. The molecule has 0 amide bonds. The van der Waals surface area contributed by atoms with E-state index in [1.54, 1.807) is 0 Å². The van der Waals surface area contributed by atoms with E-state index in [0.29, 0.717) is 6.42 Å². The van der Waals surface area contributed by atoms with Gasteiger partial charge in [-0.05, 0) is 12.8 Å². The second kappa shape index (κ2) is 5.47. The number of nitrogens with zero attached hydrogens (tertiary/aromatic N) is 1. The molecule has 0 unspecified atom stereocenters. The summed E-state index contributed by atoms with van der Waals surface area (Å²) >= 11 is 0. The first-order valence-electron chi connectivity index (χ1n) is 5.91. The van der Waals surface area contributed by atoms with Gasteiger partial charge in [-0.1, -0.05) is 19.3 Å². The fourth-order valence-corrected chi connectivity index (χ4v) is 2.25. The lowest BCUT2D eigenvalue weighted by atomic mass is 9.93. The summed E-state index contributed by atoms with van der Waals surface area (Å²) in [7, 11) is 0. The first kappa shape index (κ1) is 18.3. The van der Waals surface area contributed by atoms with E-state index < -0.39 is 48.2 Å². The van der Waals surface area contributed by atoms with Crippen LogP contribution < -0.4 is 0 Å². The van der Waals surface area contributed by atoms with Crippen molar-refractivity contribution in [1.29, 1.82) is 0 Å². The Morgan fingerprint density at radius 1 is 0.571 bits per heavy atom. The Hall–Kier alpha value is -0.740. The van der Waals surface area contributed by atoms with Crippen LogP contribution in [0.1, 0.15) is 32.1 Å². The van der Waals surface area contributed by atoms with Crippen molar-refractivity contribution in [2.24, 2.45) is 0 Å². The van der Waals surface area contributed by atoms with Gasteiger partial charge in [0.25, 0.3) is 0 Å². The fourth-order valence-electron chi connectivity index (χ4n) is 2.25. The van der Waals surface area contributed by atoms with Gasteiger partial charge in [-0.25, -0.2) is 0 Å². The van der Waals surface area contributed by atoms with Gasteiger partial charge >= 0.3 is 24.4 Å². The van der Waals surface area contributed by atoms with Crippen molar-refractivity contribution in [2.45, 2.75) is 62.6 Å². The zero-order chi connectivity index (χ0) is 16.7. The molecular formula is C10H11F10N. The molecule has 11 heteroatoms. The van der Waals surface area contributed by atoms with Gasteiger partial charge in [-0.3, -0.25) is 0 Å². The highest BCUT2D eigenvalue weighted by Gasteiger charge is 2.75. The molecule has 1 nitrogen and oxygen atoms in total. The van der Waals surface area contributed by atoms with E-state index in [0.717, 1.165) is 0 Å². The summed E-state index contributed by atoms with van der Waals surface area (Å²) in [5.74, 6) is 0. The molecule has 0 aromatic heterocycles. The molecular weight excluding hydrogens is 324 g/mol. The smallest absolute Gasteiger partial charge is 0.178 e. The van der Waals surface area contributed by atoms with Gasteiger partial charge in [0, 0.05) is 6.04 Å². The summed E-state index contributed by atoms with van der Waals surface area (Å²) in [4.78, 5) is -2.01. The van der Waals surface area contributed by atoms with Crippen molar-refractivity contribution in [2.75, 3.05) is 0 Å². The average Bonchev–Trinajstić information content (AvgIpc) is 2.26. The lowest BCUT2D eigenvalue weighted by Gasteiger charge is -2.43. The zero-order valence-corrected chi connectivity index (χ0v) is 10.3. The highest BCUT2D eigenvalue weighted by molar-refractivity contribution is 4.92. The molecule has 1 aliphatic carbocycles. The van der Waals surface area contributed by atoms with Crippen LogP contribution in [0.4, 0.5) is 43.9 Å². The summed E-state index contributed by atoms with van der Waals surface area (Å²) < 4.78 is 126. The molecule has 1 fully saturated rings. The summed E-state index contributed by atoms with van der Waals surface area (Å²) in [6.45, 7) is 0. The number of alkyl halides is 10. The molecule has 0 atom stereocenters. The van der Waals surface area contributed by atoms with Crippen molar-refractivity contribution < 1.29 is 43.9 Å². The van der Waals surface area contributed by atoms with Crippen molar-refractivity contribution >= 4 is 0 Å². The second-order valence-electron chi connectivity index (χ2n) is 4.74. The molecule has 0 radical (unpaired) electrons. The topological polar surface area (TPSA) is 3.24 Å². The number of rotatable bonds is 3. The van der Waals surface area contributed by atoms with Gasteiger partial charge in [0.1, 0.15) is 0 Å². The van der Waals surface area contributed by atoms with Crippen LogP contribution in [0.25, 0.3) is 0 Å². The molecule has 1 aliphatic rings. The largest absolute Gasteiger partial charge is 0.469 e. The number of hydrogen-bond acceptors (Lipinski definition) is 1. The minimum Gasteiger partial charge on any atom is -0.178 e. The van der Waals surface area contributed by atoms with Crippen LogP contribution in [0.2, 0.25) is 0 Å². The predicted octanol–water partition coefficient (Wildman–Crippen LogP) is 4.93. The van der Waals surface area contributed by atoms with Crippen LogP contribution in [-0.4, -0.2) is 35.4 Å². The van der Waals surface area contributed by atoms with Crippen LogP contribution in [0.5, 0.6) is 0 Å². The molecule has 0 aromatic carbocycles. The lowest BCUT2D eigenvalue weighted by molar-refractivity contribution is -0.441. The average molecular weight is 335 g/mol. The van der Waals surface area contributed by atoms with Crippen molar-refractivity contribution in [3.05, 3.63) is 0 Å². The number of hydrogen-bond donors (Lipinski definition) is 0. The maximum atomic E-state index is 13.2. The van der Waals surface area contributed by atoms with E-state index in [1.165, 1.54) is 0 Å². The summed E-state index contributed by atoms with van der Waals surface area (Å²) in [5, 5.41) is 0. The molecule has 0 aromatic rings. The predicted molar refractivity (Wildman–Crippen MR) is 50.7 cm³/mol. The quantitative estimate of drug-likeness (QED) is 0.522. The van der Waals surface area contributed by atoms with Gasteiger partial charge in [-0.2, -0.15) is 48.8 Å². The van der Waals surface area contributed by atoms with Crippen molar-refractivity contribution in [3.63, 3.8) is 0 Å². The summed E-state index contributed by atoms with van der Waals surface area (Å²) in [6.07, 6.45) is -13.9. The number of halogens is 10. The van der Waals surface area contributed by atoms with Crippen LogP contribution in [0.3, 0.4) is 0 Å². The zero-order valence-electron chi connectivity index (χ0n) is 10.3. The van der Waals surface area contributed by atoms with E-state index in [-0.39, 0.29) is 12.8 Å². The molecule has 126 valence electrons. The standard InChI is InChI=1S/C10H11F10N/c11-7(12,13)9(17,18)21(6-4-2-1-3-5-6)10(19,20)8(14,15)16/h6H,1-5H2. The summed E-state index contributed by atoms with van der Waals surface area (Å²) in [5.41, 5.74) is 0. The molecule has 0 spiro atoms. The van der Waals surface area contributed by atoms with Crippen LogP contribution in [-0.2, 0) is 0 Å². The Bertz CT molecular complexity index is 326. The third-order valence-corrected chi connectivity index (χ3v) is 3.23. The second-order valence-corrected chi connectivity index (χ2v) is 4.74. The van der Waals surface area contributed by atoms with Crippen LogP contribution in [0.15, 0.2) is 0 Å². The van der Waals surface area contributed by atoms with Gasteiger partial charge in [0.05, 0.1) is 0 Å². The van der Waals surface area contributed by atoms with Crippen LogP contribution in [0, 0.1) is 0 Å². The first-order valence-corrected chi connectivity index (χ1v) is 5.91. The van der Waals surface area contributed by atoms with Gasteiger partial charge in [0.2, 0.25) is 0 Å². The van der Waals surface area contributed by atoms with E-state index in [9.17, 15) is 43.9 Å². The Kier molecular flexibility index (Phi) is 4.77. The van der Waals surface area contributed by atoms with Gasteiger partial charge in [-0.15, -0.1) is 0 Å². The first-order chi connectivity index (χ1) is 9.23. The third kappa shape index (κ3) is 3.37. The van der Waals surface area contributed by atoms with E-state index in [4.69, 9.17) is 0 Å². The minimum atomic E-state index is -6.54. The Labute approximate surface area is 112 Å².